The van der Waals surface area contributed by atoms with Gasteiger partial charge in [-0.05, 0) is 36.1 Å². The first-order valence-corrected chi connectivity index (χ1v) is 10.7. The molecule has 5 heteroatoms. The second kappa shape index (κ2) is 8.05. The lowest BCUT2D eigenvalue weighted by molar-refractivity contribution is 0.0693. The number of benzene rings is 3. The van der Waals surface area contributed by atoms with Crippen LogP contribution in [0.2, 0.25) is 5.02 Å². The molecule has 0 N–H and O–H groups in total. The van der Waals surface area contributed by atoms with Crippen LogP contribution in [0.1, 0.15) is 38.9 Å². The van der Waals surface area contributed by atoms with Crippen LogP contribution in [-0.4, -0.2) is 22.5 Å². The molecule has 0 saturated heterocycles. The van der Waals surface area contributed by atoms with Gasteiger partial charge in [0.15, 0.2) is 0 Å². The van der Waals surface area contributed by atoms with E-state index in [1.807, 2.05) is 71.6 Å². The van der Waals surface area contributed by atoms with Gasteiger partial charge in [-0.2, -0.15) is 0 Å². The molecule has 0 aliphatic carbocycles. The van der Waals surface area contributed by atoms with Crippen molar-refractivity contribution in [1.82, 2.24) is 10.1 Å². The van der Waals surface area contributed by atoms with E-state index in [1.54, 1.807) is 6.92 Å². The zero-order valence-electron chi connectivity index (χ0n) is 17.1. The number of hydrogen-bond acceptors (Lipinski definition) is 3. The first-order valence-electron chi connectivity index (χ1n) is 10.3. The minimum Gasteiger partial charge on any atom is -0.360 e. The van der Waals surface area contributed by atoms with Gasteiger partial charge in [-0.25, -0.2) is 0 Å². The predicted molar refractivity (Wildman–Crippen MR) is 121 cm³/mol. The lowest BCUT2D eigenvalue weighted by atomic mass is 9.87. The fraction of sp³-hybridized carbons (Fsp3) is 0.154. The Morgan fingerprint density at radius 2 is 1.65 bits per heavy atom. The predicted octanol–water partition coefficient (Wildman–Crippen LogP) is 6.09. The zero-order valence-corrected chi connectivity index (χ0v) is 17.8. The van der Waals surface area contributed by atoms with Crippen LogP contribution in [0, 0.1) is 6.92 Å². The van der Waals surface area contributed by atoms with E-state index in [-0.39, 0.29) is 11.9 Å². The van der Waals surface area contributed by atoms with Crippen molar-refractivity contribution in [3.05, 3.63) is 112 Å². The van der Waals surface area contributed by atoms with Crippen LogP contribution < -0.4 is 0 Å². The van der Waals surface area contributed by atoms with Crippen LogP contribution in [0.4, 0.5) is 0 Å². The van der Waals surface area contributed by atoms with E-state index in [1.165, 1.54) is 5.56 Å². The molecule has 3 aromatic carbocycles. The van der Waals surface area contributed by atoms with Crippen molar-refractivity contribution in [2.24, 2.45) is 0 Å². The van der Waals surface area contributed by atoms with Crippen molar-refractivity contribution in [3.8, 4) is 11.3 Å². The summed E-state index contributed by atoms with van der Waals surface area (Å²) in [5, 5.41) is 4.86. The van der Waals surface area contributed by atoms with Crippen molar-refractivity contribution in [2.75, 3.05) is 6.54 Å². The van der Waals surface area contributed by atoms with E-state index in [0.717, 1.165) is 23.1 Å². The second-order valence-corrected chi connectivity index (χ2v) is 8.11. The molecule has 0 spiro atoms. The van der Waals surface area contributed by atoms with Crippen molar-refractivity contribution in [1.29, 1.82) is 0 Å². The summed E-state index contributed by atoms with van der Waals surface area (Å²) in [6.45, 7) is 2.37. The Bertz CT molecular complexity index is 1250. The number of fused-ring (bicyclic) bond motifs is 1. The third-order valence-electron chi connectivity index (χ3n) is 5.87. The summed E-state index contributed by atoms with van der Waals surface area (Å²) in [6.07, 6.45) is 0.786. The summed E-state index contributed by atoms with van der Waals surface area (Å²) >= 11 is 6.61. The maximum absolute atomic E-state index is 14.0. The molecule has 0 saturated carbocycles. The minimum absolute atomic E-state index is 0.1000. The Morgan fingerprint density at radius 3 is 2.42 bits per heavy atom. The highest BCUT2D eigenvalue weighted by molar-refractivity contribution is 6.31. The van der Waals surface area contributed by atoms with Crippen LogP contribution in [0.3, 0.4) is 0 Å². The number of rotatable bonds is 3. The second-order valence-electron chi connectivity index (χ2n) is 7.70. The molecule has 4 nitrogen and oxygen atoms in total. The summed E-state index contributed by atoms with van der Waals surface area (Å²) in [7, 11) is 0. The largest absolute Gasteiger partial charge is 0.360 e. The molecule has 31 heavy (non-hydrogen) atoms. The smallest absolute Gasteiger partial charge is 0.260 e. The summed E-state index contributed by atoms with van der Waals surface area (Å²) in [5.74, 6) is 0.414. The normalized spacial score (nSPS) is 15.5. The number of aryl methyl sites for hydroxylation is 1. The summed E-state index contributed by atoms with van der Waals surface area (Å²) < 4.78 is 5.47. The number of carbonyl (C=O) groups excluding carboxylic acids is 1. The van der Waals surface area contributed by atoms with Gasteiger partial charge in [-0.1, -0.05) is 89.6 Å². The number of aromatic nitrogens is 1. The minimum atomic E-state index is -0.274. The molecule has 1 aliphatic rings. The highest BCUT2D eigenvalue weighted by Crippen LogP contribution is 2.40. The highest BCUT2D eigenvalue weighted by Gasteiger charge is 2.36. The third kappa shape index (κ3) is 3.43. The lowest BCUT2D eigenvalue weighted by Crippen LogP contribution is -2.41. The summed E-state index contributed by atoms with van der Waals surface area (Å²) in [5.41, 5.74) is 5.18. The van der Waals surface area contributed by atoms with Gasteiger partial charge < -0.3 is 9.42 Å². The first-order chi connectivity index (χ1) is 15.1. The molecule has 1 aromatic heterocycles. The van der Waals surface area contributed by atoms with Gasteiger partial charge >= 0.3 is 0 Å². The lowest BCUT2D eigenvalue weighted by Gasteiger charge is -2.38. The Kier molecular flexibility index (Phi) is 5.08. The molecule has 1 aliphatic heterocycles. The Hall–Kier alpha value is -3.37. The van der Waals surface area contributed by atoms with E-state index < -0.39 is 0 Å². The maximum Gasteiger partial charge on any atom is 0.260 e. The van der Waals surface area contributed by atoms with Crippen LogP contribution in [0.25, 0.3) is 11.3 Å². The average molecular weight is 429 g/mol. The fourth-order valence-corrected chi connectivity index (χ4v) is 4.62. The molecular weight excluding hydrogens is 408 g/mol. The van der Waals surface area contributed by atoms with Crippen molar-refractivity contribution < 1.29 is 9.32 Å². The fourth-order valence-electron chi connectivity index (χ4n) is 4.38. The van der Waals surface area contributed by atoms with Crippen LogP contribution in [0.5, 0.6) is 0 Å². The molecule has 0 radical (unpaired) electrons. The van der Waals surface area contributed by atoms with Crippen LogP contribution in [0.15, 0.2) is 83.4 Å². The van der Waals surface area contributed by atoms with Crippen LogP contribution in [-0.2, 0) is 6.42 Å². The van der Waals surface area contributed by atoms with E-state index in [0.29, 0.717) is 28.6 Å². The number of halogens is 1. The molecular formula is C26H21ClN2O2. The average Bonchev–Trinajstić information content (AvgIpc) is 3.20. The Balaban J connectivity index is 1.64. The van der Waals surface area contributed by atoms with Gasteiger partial charge in [0.1, 0.15) is 17.0 Å². The summed E-state index contributed by atoms with van der Waals surface area (Å²) in [4.78, 5) is 15.9. The quantitative estimate of drug-likeness (QED) is 0.396. The number of carbonyl (C=O) groups is 1. The number of nitrogens with zero attached hydrogens (tertiary/aromatic N) is 2. The van der Waals surface area contributed by atoms with Crippen LogP contribution >= 0.6 is 11.6 Å². The van der Waals surface area contributed by atoms with Gasteiger partial charge in [0.2, 0.25) is 0 Å². The molecule has 1 amide bonds. The van der Waals surface area contributed by atoms with Crippen molar-refractivity contribution in [3.63, 3.8) is 0 Å². The van der Waals surface area contributed by atoms with E-state index in [9.17, 15) is 4.79 Å². The zero-order chi connectivity index (χ0) is 21.4. The molecule has 4 aromatic rings. The standard InChI is InChI=1S/C26H21ClN2O2/c1-17-23(24(28-31-17)19-10-3-2-4-11-19)26(30)29-16-15-18-9-5-6-12-20(18)25(29)21-13-7-8-14-22(21)27/h2-14,25H,15-16H2,1H3/t25-/m1/s1. The van der Waals surface area contributed by atoms with Crippen molar-refractivity contribution in [2.45, 2.75) is 19.4 Å². The molecule has 154 valence electrons. The molecule has 0 bridgehead atoms. The first kappa shape index (κ1) is 19.6. The summed E-state index contributed by atoms with van der Waals surface area (Å²) in [6, 6.07) is 25.4. The van der Waals surface area contributed by atoms with Gasteiger partial charge in [0.25, 0.3) is 5.91 Å². The van der Waals surface area contributed by atoms with E-state index in [2.05, 4.69) is 17.3 Å². The van der Waals surface area contributed by atoms with Gasteiger partial charge in [0, 0.05) is 17.1 Å². The topological polar surface area (TPSA) is 46.3 Å². The molecule has 5 rings (SSSR count). The monoisotopic (exact) mass is 428 g/mol. The Morgan fingerprint density at radius 1 is 0.968 bits per heavy atom. The molecule has 1 atom stereocenters. The molecule has 0 unspecified atom stereocenters. The SMILES string of the molecule is Cc1onc(-c2ccccc2)c1C(=O)N1CCc2ccccc2[C@@H]1c1ccccc1Cl. The number of hydrogen-bond donors (Lipinski definition) is 0. The molecule has 2 heterocycles. The van der Waals surface area contributed by atoms with E-state index in [4.69, 9.17) is 16.1 Å². The molecule has 0 fully saturated rings. The van der Waals surface area contributed by atoms with Gasteiger partial charge in [-0.15, -0.1) is 0 Å². The van der Waals surface area contributed by atoms with Crippen molar-refractivity contribution >= 4 is 17.5 Å². The van der Waals surface area contributed by atoms with Gasteiger partial charge in [0.05, 0.1) is 6.04 Å². The number of amides is 1. The van der Waals surface area contributed by atoms with Gasteiger partial charge in [-0.3, -0.25) is 4.79 Å². The highest BCUT2D eigenvalue weighted by atomic mass is 35.5. The maximum atomic E-state index is 14.0. The van der Waals surface area contributed by atoms with E-state index >= 15 is 0 Å². The third-order valence-corrected chi connectivity index (χ3v) is 6.21. The Labute approximate surface area is 186 Å².